The maximum atomic E-state index is 12.7. The fourth-order valence-electron chi connectivity index (χ4n) is 3.10. The summed E-state index contributed by atoms with van der Waals surface area (Å²) >= 11 is 1.78. The highest BCUT2D eigenvalue weighted by Gasteiger charge is 2.28. The predicted octanol–water partition coefficient (Wildman–Crippen LogP) is 2.64. The molecule has 1 atom stereocenters. The third-order valence-electron chi connectivity index (χ3n) is 4.30. The molecule has 0 aliphatic carbocycles. The first-order chi connectivity index (χ1) is 10.7. The molecule has 0 spiro atoms. The summed E-state index contributed by atoms with van der Waals surface area (Å²) in [5, 5.41) is 10.3. The number of hydrogen-bond donors (Lipinski definition) is 0. The molecule has 1 aromatic carbocycles. The van der Waals surface area contributed by atoms with Gasteiger partial charge >= 0.3 is 0 Å². The van der Waals surface area contributed by atoms with Crippen molar-refractivity contribution in [3.8, 4) is 0 Å². The van der Waals surface area contributed by atoms with E-state index >= 15 is 0 Å². The highest BCUT2D eigenvalue weighted by atomic mass is 32.1. The van der Waals surface area contributed by atoms with E-state index in [1.807, 2.05) is 29.2 Å². The van der Waals surface area contributed by atoms with Crippen LogP contribution in [0, 0.1) is 0 Å². The predicted molar refractivity (Wildman–Crippen MR) is 85.7 cm³/mol. The molecule has 1 amide bonds. The molecule has 22 heavy (non-hydrogen) atoms. The zero-order chi connectivity index (χ0) is 15.1. The van der Waals surface area contributed by atoms with Crippen molar-refractivity contribution in [1.29, 1.82) is 0 Å². The van der Waals surface area contributed by atoms with Gasteiger partial charge in [-0.3, -0.25) is 4.79 Å². The lowest BCUT2D eigenvalue weighted by molar-refractivity contribution is -0.134. The van der Waals surface area contributed by atoms with Crippen molar-refractivity contribution < 1.29 is 4.79 Å². The standard InChI is InChI=1S/C16H16N4OS/c1-11-12-7-9-22-15(12)6-8-19(11)16(21)10-20-14-5-3-2-4-13(14)17-18-20/h2-5,7,9,11H,6,8,10H2,1H3/t11-/m1/s1. The summed E-state index contributed by atoms with van der Waals surface area (Å²) in [7, 11) is 0. The molecule has 4 rings (SSSR count). The van der Waals surface area contributed by atoms with E-state index in [1.54, 1.807) is 16.0 Å². The molecule has 1 aliphatic heterocycles. The Labute approximate surface area is 132 Å². The van der Waals surface area contributed by atoms with Crippen molar-refractivity contribution in [1.82, 2.24) is 19.9 Å². The van der Waals surface area contributed by atoms with Crippen molar-refractivity contribution in [2.45, 2.75) is 25.9 Å². The van der Waals surface area contributed by atoms with Gasteiger partial charge in [0.2, 0.25) is 5.91 Å². The van der Waals surface area contributed by atoms with E-state index in [2.05, 4.69) is 28.7 Å². The van der Waals surface area contributed by atoms with Gasteiger partial charge in [-0.05, 0) is 42.5 Å². The molecule has 0 saturated heterocycles. The van der Waals surface area contributed by atoms with Crippen molar-refractivity contribution in [3.63, 3.8) is 0 Å². The molecule has 0 N–H and O–H groups in total. The largest absolute Gasteiger partial charge is 0.334 e. The summed E-state index contributed by atoms with van der Waals surface area (Å²) in [5.41, 5.74) is 3.01. The van der Waals surface area contributed by atoms with Crippen LogP contribution in [0.4, 0.5) is 0 Å². The number of aromatic nitrogens is 3. The Balaban J connectivity index is 1.58. The fourth-order valence-corrected chi connectivity index (χ4v) is 4.07. The van der Waals surface area contributed by atoms with Gasteiger partial charge in [0.05, 0.1) is 11.6 Å². The van der Waals surface area contributed by atoms with Gasteiger partial charge in [0, 0.05) is 11.4 Å². The summed E-state index contributed by atoms with van der Waals surface area (Å²) in [6.45, 7) is 3.12. The Kier molecular flexibility index (Phi) is 3.18. The lowest BCUT2D eigenvalue weighted by atomic mass is 10.0. The number of thiophene rings is 1. The van der Waals surface area contributed by atoms with E-state index in [-0.39, 0.29) is 18.5 Å². The lowest BCUT2D eigenvalue weighted by Gasteiger charge is -2.33. The van der Waals surface area contributed by atoms with Crippen LogP contribution in [0.15, 0.2) is 35.7 Å². The maximum Gasteiger partial charge on any atom is 0.244 e. The van der Waals surface area contributed by atoms with E-state index in [4.69, 9.17) is 0 Å². The van der Waals surface area contributed by atoms with Gasteiger partial charge in [-0.25, -0.2) is 4.68 Å². The highest BCUT2D eigenvalue weighted by molar-refractivity contribution is 7.10. The van der Waals surface area contributed by atoms with Crippen LogP contribution < -0.4 is 0 Å². The molecule has 2 aromatic heterocycles. The average molecular weight is 312 g/mol. The molecule has 3 heterocycles. The van der Waals surface area contributed by atoms with Gasteiger partial charge in [0.25, 0.3) is 0 Å². The molecule has 0 bridgehead atoms. The number of hydrogen-bond acceptors (Lipinski definition) is 4. The first-order valence-corrected chi connectivity index (χ1v) is 8.26. The molecule has 0 saturated carbocycles. The number of benzene rings is 1. The van der Waals surface area contributed by atoms with Crippen LogP contribution in [0.3, 0.4) is 0 Å². The molecular formula is C16H16N4OS. The summed E-state index contributed by atoms with van der Waals surface area (Å²) in [5.74, 6) is 0.0972. The molecular weight excluding hydrogens is 296 g/mol. The number of amides is 1. The minimum Gasteiger partial charge on any atom is -0.334 e. The molecule has 0 radical (unpaired) electrons. The molecule has 0 unspecified atom stereocenters. The van der Waals surface area contributed by atoms with Gasteiger partial charge < -0.3 is 4.90 Å². The maximum absolute atomic E-state index is 12.7. The second kappa shape index (κ2) is 5.21. The molecule has 112 valence electrons. The number of rotatable bonds is 2. The van der Waals surface area contributed by atoms with Crippen molar-refractivity contribution >= 4 is 28.3 Å². The number of para-hydroxylation sites is 1. The summed E-state index contributed by atoms with van der Waals surface area (Å²) in [6, 6.07) is 9.98. The monoisotopic (exact) mass is 312 g/mol. The van der Waals surface area contributed by atoms with Crippen molar-refractivity contribution in [3.05, 3.63) is 46.2 Å². The Morgan fingerprint density at radius 2 is 2.23 bits per heavy atom. The van der Waals surface area contributed by atoms with Crippen LogP contribution in [0.25, 0.3) is 11.0 Å². The Bertz CT molecular complexity index is 837. The average Bonchev–Trinajstić information content (AvgIpc) is 3.15. The zero-order valence-corrected chi connectivity index (χ0v) is 13.1. The number of fused-ring (bicyclic) bond motifs is 2. The van der Waals surface area contributed by atoms with Gasteiger partial charge in [-0.2, -0.15) is 0 Å². The molecule has 6 heteroatoms. The summed E-state index contributed by atoms with van der Waals surface area (Å²) < 4.78 is 1.69. The van der Waals surface area contributed by atoms with Gasteiger partial charge in [0.1, 0.15) is 12.1 Å². The van der Waals surface area contributed by atoms with Crippen LogP contribution in [0.1, 0.15) is 23.4 Å². The third-order valence-corrected chi connectivity index (χ3v) is 5.30. The normalized spacial score (nSPS) is 17.7. The lowest BCUT2D eigenvalue weighted by Crippen LogP contribution is -2.40. The fraction of sp³-hybridized carbons (Fsp3) is 0.312. The van der Waals surface area contributed by atoms with Crippen LogP contribution in [0.5, 0.6) is 0 Å². The Morgan fingerprint density at radius 3 is 3.14 bits per heavy atom. The number of carbonyl (C=O) groups is 1. The van der Waals surface area contributed by atoms with Crippen LogP contribution in [-0.2, 0) is 17.8 Å². The number of carbonyl (C=O) groups excluding carboxylic acids is 1. The minimum absolute atomic E-state index is 0.0972. The second-order valence-corrected chi connectivity index (χ2v) is 6.55. The summed E-state index contributed by atoms with van der Waals surface area (Å²) in [6.07, 6.45) is 0.946. The van der Waals surface area contributed by atoms with E-state index in [0.717, 1.165) is 24.0 Å². The molecule has 3 aromatic rings. The van der Waals surface area contributed by atoms with Crippen LogP contribution in [-0.4, -0.2) is 32.3 Å². The third kappa shape index (κ3) is 2.11. The molecule has 1 aliphatic rings. The SMILES string of the molecule is C[C@@H]1c2ccsc2CCN1C(=O)Cn1nnc2ccccc21. The zero-order valence-electron chi connectivity index (χ0n) is 12.3. The van der Waals surface area contributed by atoms with Gasteiger partial charge in [-0.1, -0.05) is 17.3 Å². The van der Waals surface area contributed by atoms with Crippen LogP contribution in [0.2, 0.25) is 0 Å². The van der Waals surface area contributed by atoms with E-state index in [0.29, 0.717) is 0 Å². The van der Waals surface area contributed by atoms with Crippen molar-refractivity contribution in [2.24, 2.45) is 0 Å². The van der Waals surface area contributed by atoms with E-state index < -0.39 is 0 Å². The smallest absolute Gasteiger partial charge is 0.244 e. The van der Waals surface area contributed by atoms with E-state index in [1.165, 1.54) is 10.4 Å². The van der Waals surface area contributed by atoms with E-state index in [9.17, 15) is 4.79 Å². The first kappa shape index (κ1) is 13.5. The topological polar surface area (TPSA) is 51.0 Å². The second-order valence-electron chi connectivity index (χ2n) is 5.55. The quantitative estimate of drug-likeness (QED) is 0.731. The van der Waals surface area contributed by atoms with Gasteiger partial charge in [-0.15, -0.1) is 16.4 Å². The number of nitrogens with zero attached hydrogens (tertiary/aromatic N) is 4. The first-order valence-electron chi connectivity index (χ1n) is 7.38. The van der Waals surface area contributed by atoms with Crippen LogP contribution >= 0.6 is 11.3 Å². The Morgan fingerprint density at radius 1 is 1.36 bits per heavy atom. The van der Waals surface area contributed by atoms with Crippen molar-refractivity contribution in [2.75, 3.05) is 6.54 Å². The minimum atomic E-state index is 0.0972. The molecule has 0 fully saturated rings. The van der Waals surface area contributed by atoms with Gasteiger partial charge in [0.15, 0.2) is 0 Å². The Hall–Kier alpha value is -2.21. The summed E-state index contributed by atoms with van der Waals surface area (Å²) in [4.78, 5) is 16.0. The molecule has 5 nitrogen and oxygen atoms in total. The highest BCUT2D eigenvalue weighted by Crippen LogP contribution is 2.32.